The Morgan fingerprint density at radius 2 is 2.00 bits per heavy atom. The lowest BCUT2D eigenvalue weighted by molar-refractivity contribution is 0.432. The van der Waals surface area contributed by atoms with E-state index in [0.29, 0.717) is 12.2 Å². The van der Waals surface area contributed by atoms with Crippen LogP contribution in [0.2, 0.25) is 0 Å². The van der Waals surface area contributed by atoms with Crippen molar-refractivity contribution in [3.8, 4) is 5.75 Å². The molecule has 0 fully saturated rings. The summed E-state index contributed by atoms with van der Waals surface area (Å²) in [5.41, 5.74) is 1.50. The number of nitrogens with zero attached hydrogens (tertiary/aromatic N) is 2. The second-order valence-corrected chi connectivity index (χ2v) is 3.27. The molecule has 0 bridgehead atoms. The van der Waals surface area contributed by atoms with Gasteiger partial charge >= 0.3 is 0 Å². The van der Waals surface area contributed by atoms with Gasteiger partial charge in [-0.2, -0.15) is 0 Å². The Bertz CT molecular complexity index is 476. The number of rotatable bonds is 3. The van der Waals surface area contributed by atoms with Gasteiger partial charge in [0.1, 0.15) is 6.33 Å². The maximum Gasteiger partial charge on any atom is 0.166 e. The van der Waals surface area contributed by atoms with Crippen LogP contribution in [0.15, 0.2) is 36.9 Å². The fourth-order valence-electron chi connectivity index (χ4n) is 1.24. The largest absolute Gasteiger partial charge is 0.505 e. The van der Waals surface area contributed by atoms with Crippen molar-refractivity contribution >= 4 is 5.69 Å². The molecule has 4 nitrogen and oxygen atoms in total. The number of hydrogen-bond acceptors (Lipinski definition) is 4. The van der Waals surface area contributed by atoms with Crippen LogP contribution in [-0.2, 0) is 6.54 Å². The number of halogens is 1. The zero-order chi connectivity index (χ0) is 11.4. The number of aromatic nitrogens is 2. The van der Waals surface area contributed by atoms with E-state index in [1.54, 1.807) is 18.5 Å². The zero-order valence-corrected chi connectivity index (χ0v) is 8.39. The Kier molecular flexibility index (Phi) is 2.95. The van der Waals surface area contributed by atoms with E-state index in [-0.39, 0.29) is 5.75 Å². The van der Waals surface area contributed by atoms with Gasteiger partial charge in [-0.3, -0.25) is 0 Å². The Morgan fingerprint density at radius 3 is 2.69 bits per heavy atom. The minimum atomic E-state index is -0.644. The molecule has 0 atom stereocenters. The molecule has 1 heterocycles. The number of phenolic OH excluding ortho intramolecular Hbond substituents is 1. The Balaban J connectivity index is 2.03. The lowest BCUT2D eigenvalue weighted by Crippen LogP contribution is -2.00. The summed E-state index contributed by atoms with van der Waals surface area (Å²) in [6.07, 6.45) is 4.80. The molecule has 82 valence electrons. The highest BCUT2D eigenvalue weighted by Crippen LogP contribution is 2.19. The average molecular weight is 219 g/mol. The van der Waals surface area contributed by atoms with E-state index in [1.165, 1.54) is 18.5 Å². The molecule has 2 rings (SSSR count). The van der Waals surface area contributed by atoms with E-state index in [2.05, 4.69) is 15.3 Å². The molecule has 2 N–H and O–H groups in total. The Hall–Kier alpha value is -2.17. The van der Waals surface area contributed by atoms with Crippen LogP contribution in [0.4, 0.5) is 10.1 Å². The van der Waals surface area contributed by atoms with Crippen molar-refractivity contribution in [1.82, 2.24) is 9.97 Å². The average Bonchev–Trinajstić information content (AvgIpc) is 2.32. The van der Waals surface area contributed by atoms with Crippen molar-refractivity contribution in [3.05, 3.63) is 48.3 Å². The number of benzene rings is 1. The summed E-state index contributed by atoms with van der Waals surface area (Å²) in [6.45, 7) is 0.505. The van der Waals surface area contributed by atoms with E-state index in [0.717, 1.165) is 5.56 Å². The van der Waals surface area contributed by atoms with Gasteiger partial charge < -0.3 is 10.4 Å². The van der Waals surface area contributed by atoms with Crippen LogP contribution in [0.5, 0.6) is 5.75 Å². The molecule has 0 aliphatic heterocycles. The van der Waals surface area contributed by atoms with Crippen molar-refractivity contribution < 1.29 is 9.50 Å². The van der Waals surface area contributed by atoms with Crippen molar-refractivity contribution in [2.24, 2.45) is 0 Å². The van der Waals surface area contributed by atoms with Crippen LogP contribution in [0.1, 0.15) is 5.56 Å². The second-order valence-electron chi connectivity index (χ2n) is 3.27. The summed E-state index contributed by atoms with van der Waals surface area (Å²) in [6, 6.07) is 4.14. The molecule has 0 aliphatic carbocycles. The number of aromatic hydroxyl groups is 1. The predicted octanol–water partition coefficient (Wildman–Crippen LogP) is 1.93. The SMILES string of the molecule is Oc1ccc(NCc2cncnc2)cc1F. The molecule has 0 radical (unpaired) electrons. The first-order chi connectivity index (χ1) is 7.75. The van der Waals surface area contributed by atoms with Crippen molar-refractivity contribution in [2.75, 3.05) is 5.32 Å². The van der Waals surface area contributed by atoms with Crippen LogP contribution in [0.3, 0.4) is 0 Å². The smallest absolute Gasteiger partial charge is 0.166 e. The van der Waals surface area contributed by atoms with E-state index in [4.69, 9.17) is 5.11 Å². The standard InChI is InChI=1S/C11H10FN3O/c12-10-3-9(1-2-11(10)16)15-6-8-4-13-7-14-5-8/h1-5,7,15-16H,6H2. The van der Waals surface area contributed by atoms with Gasteiger partial charge in [-0.1, -0.05) is 0 Å². The van der Waals surface area contributed by atoms with Gasteiger partial charge in [0, 0.05) is 36.3 Å². The number of hydrogen-bond donors (Lipinski definition) is 2. The van der Waals surface area contributed by atoms with E-state index < -0.39 is 5.82 Å². The Labute approximate surface area is 91.8 Å². The molecular weight excluding hydrogens is 209 g/mol. The summed E-state index contributed by atoms with van der Waals surface area (Å²) in [7, 11) is 0. The molecule has 1 aromatic heterocycles. The first kappa shape index (κ1) is 10.4. The molecule has 1 aromatic carbocycles. The maximum atomic E-state index is 13.0. The van der Waals surface area contributed by atoms with Crippen molar-refractivity contribution in [2.45, 2.75) is 6.54 Å². The molecule has 5 heteroatoms. The third-order valence-corrected chi connectivity index (χ3v) is 2.06. The molecule has 0 saturated heterocycles. The van der Waals surface area contributed by atoms with Gasteiger partial charge in [-0.05, 0) is 12.1 Å². The second kappa shape index (κ2) is 4.57. The molecular formula is C11H10FN3O. The molecule has 0 amide bonds. The van der Waals surface area contributed by atoms with Crippen molar-refractivity contribution in [1.29, 1.82) is 0 Å². The topological polar surface area (TPSA) is 58.0 Å². The van der Waals surface area contributed by atoms with Gasteiger partial charge in [0.15, 0.2) is 11.6 Å². The first-order valence-electron chi connectivity index (χ1n) is 4.72. The molecule has 2 aromatic rings. The monoisotopic (exact) mass is 219 g/mol. The van der Waals surface area contributed by atoms with Gasteiger partial charge in [-0.25, -0.2) is 14.4 Å². The highest BCUT2D eigenvalue weighted by Gasteiger charge is 2.01. The first-order valence-corrected chi connectivity index (χ1v) is 4.72. The highest BCUT2D eigenvalue weighted by molar-refractivity contribution is 5.47. The molecule has 16 heavy (non-hydrogen) atoms. The van der Waals surface area contributed by atoms with Gasteiger partial charge in [0.05, 0.1) is 0 Å². The third kappa shape index (κ3) is 2.44. The third-order valence-electron chi connectivity index (χ3n) is 2.06. The Morgan fingerprint density at radius 1 is 1.25 bits per heavy atom. The minimum Gasteiger partial charge on any atom is -0.505 e. The van der Waals surface area contributed by atoms with Gasteiger partial charge in [0.25, 0.3) is 0 Å². The fourth-order valence-corrected chi connectivity index (χ4v) is 1.24. The lowest BCUT2D eigenvalue weighted by atomic mass is 10.2. The number of anilines is 1. The van der Waals surface area contributed by atoms with Gasteiger partial charge in [0.2, 0.25) is 0 Å². The summed E-state index contributed by atoms with van der Waals surface area (Å²) >= 11 is 0. The fraction of sp³-hybridized carbons (Fsp3) is 0.0909. The van der Waals surface area contributed by atoms with Crippen molar-refractivity contribution in [3.63, 3.8) is 0 Å². The maximum absolute atomic E-state index is 13.0. The summed E-state index contributed by atoms with van der Waals surface area (Å²) in [4.78, 5) is 7.73. The molecule has 0 saturated carbocycles. The van der Waals surface area contributed by atoms with Crippen LogP contribution >= 0.6 is 0 Å². The van der Waals surface area contributed by atoms with E-state index >= 15 is 0 Å². The van der Waals surface area contributed by atoms with Crippen LogP contribution in [-0.4, -0.2) is 15.1 Å². The number of phenols is 1. The molecule has 0 unspecified atom stereocenters. The minimum absolute atomic E-state index is 0.353. The highest BCUT2D eigenvalue weighted by atomic mass is 19.1. The molecule has 0 aliphatic rings. The summed E-state index contributed by atoms with van der Waals surface area (Å²) < 4.78 is 13.0. The quantitative estimate of drug-likeness (QED) is 0.774. The van der Waals surface area contributed by atoms with E-state index in [1.807, 2.05) is 0 Å². The van der Waals surface area contributed by atoms with E-state index in [9.17, 15) is 4.39 Å². The van der Waals surface area contributed by atoms with Crippen LogP contribution in [0, 0.1) is 5.82 Å². The normalized spacial score (nSPS) is 10.1. The van der Waals surface area contributed by atoms with Crippen LogP contribution < -0.4 is 5.32 Å². The molecule has 0 spiro atoms. The lowest BCUT2D eigenvalue weighted by Gasteiger charge is -2.06. The summed E-state index contributed by atoms with van der Waals surface area (Å²) in [5, 5.41) is 12.0. The van der Waals surface area contributed by atoms with Crippen LogP contribution in [0.25, 0.3) is 0 Å². The van der Waals surface area contributed by atoms with Gasteiger partial charge in [-0.15, -0.1) is 0 Å². The zero-order valence-electron chi connectivity index (χ0n) is 8.39. The number of nitrogens with one attached hydrogen (secondary N) is 1. The summed E-state index contributed by atoms with van der Waals surface area (Å²) in [5.74, 6) is -0.997. The predicted molar refractivity (Wildman–Crippen MR) is 57.4 cm³/mol.